The molecule has 2 aromatic heterocycles. The highest BCUT2D eigenvalue weighted by molar-refractivity contribution is 8.02. The molecule has 130 valence electrons. The van der Waals surface area contributed by atoms with Crippen LogP contribution in [0.2, 0.25) is 0 Å². The Morgan fingerprint density at radius 2 is 2.08 bits per heavy atom. The molecule has 0 fully saturated rings. The maximum absolute atomic E-state index is 13.0. The topological polar surface area (TPSA) is 54.9 Å². The third kappa shape index (κ3) is 5.10. The van der Waals surface area contributed by atoms with E-state index in [0.717, 1.165) is 22.4 Å². The van der Waals surface area contributed by atoms with Crippen LogP contribution in [0.4, 0.5) is 9.52 Å². The summed E-state index contributed by atoms with van der Waals surface area (Å²) < 4.78 is 13.7. The zero-order valence-corrected chi connectivity index (χ0v) is 15.9. The molecule has 2 heterocycles. The van der Waals surface area contributed by atoms with Crippen molar-refractivity contribution in [3.63, 3.8) is 0 Å². The van der Waals surface area contributed by atoms with Gasteiger partial charge < -0.3 is 5.32 Å². The van der Waals surface area contributed by atoms with Gasteiger partial charge in [0.15, 0.2) is 10.1 Å². The van der Waals surface area contributed by atoms with Crippen LogP contribution in [0, 0.1) is 5.82 Å². The van der Waals surface area contributed by atoms with E-state index in [0.29, 0.717) is 5.56 Å². The van der Waals surface area contributed by atoms with E-state index < -0.39 is 0 Å². The minimum absolute atomic E-state index is 0.0487. The molecule has 0 saturated heterocycles. The number of hydrogen-bond donors (Lipinski definition) is 1. The lowest BCUT2D eigenvalue weighted by Crippen LogP contribution is -2.13. The molecule has 8 heteroatoms. The summed E-state index contributed by atoms with van der Waals surface area (Å²) in [6, 6.07) is 9.75. The summed E-state index contributed by atoms with van der Waals surface area (Å²) in [6.45, 7) is 2.62. The number of halogens is 1. The summed E-state index contributed by atoms with van der Waals surface area (Å²) >= 11 is 4.54. The predicted molar refractivity (Wildman–Crippen MR) is 102 cm³/mol. The number of hydrogen-bond acceptors (Lipinski definition) is 7. The van der Waals surface area contributed by atoms with Gasteiger partial charge in [0.2, 0.25) is 5.13 Å². The number of carbonyl (C=O) groups excluding carboxylic acids is 1. The predicted octanol–water partition coefficient (Wildman–Crippen LogP) is 4.76. The average molecular weight is 394 g/mol. The molecule has 25 heavy (non-hydrogen) atoms. The lowest BCUT2D eigenvalue weighted by molar-refractivity contribution is 0.0994. The van der Waals surface area contributed by atoms with Gasteiger partial charge in [-0.15, -0.1) is 21.5 Å². The van der Waals surface area contributed by atoms with E-state index in [1.54, 1.807) is 11.3 Å². The van der Waals surface area contributed by atoms with Crippen LogP contribution in [-0.4, -0.2) is 27.8 Å². The number of benzene rings is 1. The Hall–Kier alpha value is -1.77. The monoisotopic (exact) mass is 393 g/mol. The molecule has 4 nitrogen and oxygen atoms in total. The Morgan fingerprint density at radius 1 is 1.28 bits per heavy atom. The van der Waals surface area contributed by atoms with Crippen molar-refractivity contribution >= 4 is 45.4 Å². The highest BCUT2D eigenvalue weighted by Crippen LogP contribution is 2.30. The maximum Gasteiger partial charge on any atom is 0.206 e. The summed E-state index contributed by atoms with van der Waals surface area (Å²) in [5.74, 6) is -0.397. The first-order chi connectivity index (χ1) is 12.1. The van der Waals surface area contributed by atoms with Gasteiger partial charge >= 0.3 is 0 Å². The molecule has 3 aromatic rings. The van der Waals surface area contributed by atoms with E-state index in [1.165, 1.54) is 52.2 Å². The smallest absolute Gasteiger partial charge is 0.206 e. The van der Waals surface area contributed by atoms with Gasteiger partial charge in [0.1, 0.15) is 5.82 Å². The van der Waals surface area contributed by atoms with Crippen LogP contribution in [-0.2, 0) is 6.42 Å². The van der Waals surface area contributed by atoms with Crippen LogP contribution in [0.3, 0.4) is 0 Å². The lowest BCUT2D eigenvalue weighted by atomic mass is 10.1. The first-order valence-corrected chi connectivity index (χ1v) is 10.3. The van der Waals surface area contributed by atoms with Crippen molar-refractivity contribution in [2.75, 3.05) is 11.9 Å². The second-order valence-electron chi connectivity index (χ2n) is 5.26. The number of rotatable bonds is 8. The summed E-state index contributed by atoms with van der Waals surface area (Å²) in [6.07, 6.45) is 0.944. The SMILES string of the molecule is CC(Sc1nnc(NCCc2cccs2)s1)C(=O)c1ccc(F)cc1. The number of anilines is 1. The molecule has 0 spiro atoms. The zero-order valence-electron chi connectivity index (χ0n) is 13.4. The van der Waals surface area contributed by atoms with Crippen LogP contribution in [0.1, 0.15) is 22.2 Å². The molecule has 0 amide bonds. The Kier molecular flexibility index (Phi) is 6.17. The molecule has 1 aromatic carbocycles. The van der Waals surface area contributed by atoms with Crippen LogP contribution in [0.15, 0.2) is 46.1 Å². The fourth-order valence-electron chi connectivity index (χ4n) is 2.13. The molecule has 0 aliphatic rings. The van der Waals surface area contributed by atoms with Crippen LogP contribution in [0.5, 0.6) is 0 Å². The van der Waals surface area contributed by atoms with Crippen molar-refractivity contribution in [3.05, 3.63) is 58.0 Å². The number of Topliss-reactive ketones (excluding diaryl/α,β-unsaturated/α-hetero) is 1. The summed E-state index contributed by atoms with van der Waals surface area (Å²) in [4.78, 5) is 13.7. The summed E-state index contributed by atoms with van der Waals surface area (Å²) in [7, 11) is 0. The molecule has 0 aliphatic carbocycles. The van der Waals surface area contributed by atoms with Gasteiger partial charge in [-0.05, 0) is 49.1 Å². The molecule has 1 unspecified atom stereocenters. The molecule has 3 rings (SSSR count). The van der Waals surface area contributed by atoms with Crippen molar-refractivity contribution in [1.82, 2.24) is 10.2 Å². The fourth-order valence-corrected chi connectivity index (χ4v) is 4.84. The first-order valence-electron chi connectivity index (χ1n) is 7.68. The number of thioether (sulfide) groups is 1. The highest BCUT2D eigenvalue weighted by atomic mass is 32.2. The van der Waals surface area contributed by atoms with E-state index in [4.69, 9.17) is 0 Å². The second-order valence-corrected chi connectivity index (χ2v) is 8.86. The minimum Gasteiger partial charge on any atom is -0.360 e. The molecule has 0 saturated carbocycles. The Balaban J connectivity index is 1.51. The second kappa shape index (κ2) is 8.55. The van der Waals surface area contributed by atoms with Crippen molar-refractivity contribution in [2.24, 2.45) is 0 Å². The number of carbonyl (C=O) groups is 1. The van der Waals surface area contributed by atoms with Crippen molar-refractivity contribution < 1.29 is 9.18 Å². The van der Waals surface area contributed by atoms with Gasteiger partial charge in [-0.1, -0.05) is 29.2 Å². The summed E-state index contributed by atoms with van der Waals surface area (Å²) in [5.41, 5.74) is 0.500. The molecule has 1 atom stereocenters. The number of thiophene rings is 1. The number of ketones is 1. The normalized spacial score (nSPS) is 12.1. The van der Waals surface area contributed by atoms with Gasteiger partial charge in [0.05, 0.1) is 5.25 Å². The van der Waals surface area contributed by atoms with Gasteiger partial charge in [0, 0.05) is 17.0 Å². The Morgan fingerprint density at radius 3 is 2.80 bits per heavy atom. The molecule has 0 aliphatic heterocycles. The third-order valence-electron chi connectivity index (χ3n) is 3.41. The fraction of sp³-hybridized carbons (Fsp3) is 0.235. The van der Waals surface area contributed by atoms with E-state index in [2.05, 4.69) is 27.0 Å². The zero-order chi connectivity index (χ0) is 17.6. The minimum atomic E-state index is -0.348. The van der Waals surface area contributed by atoms with E-state index in [1.807, 2.05) is 13.0 Å². The van der Waals surface area contributed by atoms with Crippen LogP contribution < -0.4 is 5.32 Å². The number of aromatic nitrogens is 2. The highest BCUT2D eigenvalue weighted by Gasteiger charge is 2.18. The van der Waals surface area contributed by atoms with Crippen LogP contribution >= 0.6 is 34.4 Å². The van der Waals surface area contributed by atoms with E-state index in [-0.39, 0.29) is 16.9 Å². The van der Waals surface area contributed by atoms with Crippen molar-refractivity contribution in [3.8, 4) is 0 Å². The van der Waals surface area contributed by atoms with Crippen molar-refractivity contribution in [1.29, 1.82) is 0 Å². The van der Waals surface area contributed by atoms with Crippen LogP contribution in [0.25, 0.3) is 0 Å². The first kappa shape index (κ1) is 18.0. The summed E-state index contributed by atoms with van der Waals surface area (Å²) in [5, 5.41) is 14.0. The van der Waals surface area contributed by atoms with Crippen molar-refractivity contribution in [2.45, 2.75) is 22.9 Å². The van der Waals surface area contributed by atoms with E-state index in [9.17, 15) is 9.18 Å². The average Bonchev–Trinajstić information content (AvgIpc) is 3.27. The number of nitrogens with one attached hydrogen (secondary N) is 1. The van der Waals surface area contributed by atoms with Gasteiger partial charge in [0.25, 0.3) is 0 Å². The molecular formula is C17H16FN3OS3. The Bertz CT molecular complexity index is 818. The standard InChI is InChI=1S/C17H16FN3OS3/c1-11(15(22)12-4-6-13(18)7-5-12)24-17-21-20-16(25-17)19-9-8-14-3-2-10-23-14/h2-7,10-11H,8-9H2,1H3,(H,19,20). The van der Waals surface area contributed by atoms with Gasteiger partial charge in [-0.3, -0.25) is 4.79 Å². The third-order valence-corrected chi connectivity index (χ3v) is 6.41. The molecule has 0 bridgehead atoms. The van der Waals surface area contributed by atoms with Gasteiger partial charge in [-0.25, -0.2) is 4.39 Å². The Labute approximate surface area is 157 Å². The number of nitrogens with zero attached hydrogens (tertiary/aromatic N) is 2. The quantitative estimate of drug-likeness (QED) is 0.442. The largest absolute Gasteiger partial charge is 0.360 e. The van der Waals surface area contributed by atoms with E-state index >= 15 is 0 Å². The maximum atomic E-state index is 13.0. The molecular weight excluding hydrogens is 377 g/mol. The molecule has 0 radical (unpaired) electrons. The van der Waals surface area contributed by atoms with Gasteiger partial charge in [-0.2, -0.15) is 0 Å². The molecule has 1 N–H and O–H groups in total. The lowest BCUT2D eigenvalue weighted by Gasteiger charge is -2.07.